The van der Waals surface area contributed by atoms with Crippen LogP contribution in [0, 0.1) is 5.92 Å². The summed E-state index contributed by atoms with van der Waals surface area (Å²) >= 11 is 0. The molecule has 0 bridgehead atoms. The minimum atomic E-state index is -3.63. The fourth-order valence-corrected chi connectivity index (χ4v) is 3.78. The number of carboxylic acid groups (broad SMARTS) is 1. The molecule has 0 amide bonds. The zero-order valence-electron chi connectivity index (χ0n) is 10.8. The predicted octanol–water partition coefficient (Wildman–Crippen LogP) is 0.586. The second kappa shape index (κ2) is 5.99. The van der Waals surface area contributed by atoms with E-state index in [1.807, 2.05) is 6.92 Å². The van der Waals surface area contributed by atoms with Gasteiger partial charge in [-0.3, -0.25) is 4.79 Å². The molecule has 106 valence electrons. The molecule has 0 radical (unpaired) electrons. The second-order valence-corrected chi connectivity index (χ2v) is 6.84. The van der Waals surface area contributed by atoms with Crippen molar-refractivity contribution in [1.82, 2.24) is 4.72 Å². The van der Waals surface area contributed by atoms with Crippen molar-refractivity contribution in [3.8, 4) is 0 Å². The van der Waals surface area contributed by atoms with Crippen molar-refractivity contribution >= 4 is 16.0 Å². The molecule has 0 spiro atoms. The standard InChI is InChI=1S/C11H21NO5S/c1-9-4-3-5-11(8-9,10(13)14)12-18(15,16)7-6-17-2/h9,12H,3-8H2,1-2H3,(H,13,14). The Morgan fingerprint density at radius 3 is 2.72 bits per heavy atom. The Morgan fingerprint density at radius 1 is 1.56 bits per heavy atom. The van der Waals surface area contributed by atoms with E-state index in [9.17, 15) is 18.3 Å². The van der Waals surface area contributed by atoms with Gasteiger partial charge in [-0.25, -0.2) is 8.42 Å². The summed E-state index contributed by atoms with van der Waals surface area (Å²) in [6.45, 7) is 2.00. The number of sulfonamides is 1. The number of aliphatic carboxylic acids is 1. The smallest absolute Gasteiger partial charge is 0.324 e. The second-order valence-electron chi connectivity index (χ2n) is 5.00. The van der Waals surface area contributed by atoms with Crippen LogP contribution in [-0.4, -0.2) is 44.5 Å². The lowest BCUT2D eigenvalue weighted by atomic mass is 9.77. The average Bonchev–Trinajstić information content (AvgIpc) is 2.25. The molecule has 1 saturated carbocycles. The van der Waals surface area contributed by atoms with Crippen LogP contribution in [0.1, 0.15) is 32.6 Å². The first-order valence-corrected chi connectivity index (χ1v) is 7.70. The van der Waals surface area contributed by atoms with Crippen molar-refractivity contribution in [3.63, 3.8) is 0 Å². The first kappa shape index (κ1) is 15.4. The molecule has 1 fully saturated rings. The van der Waals surface area contributed by atoms with Gasteiger partial charge in [0, 0.05) is 7.11 Å². The lowest BCUT2D eigenvalue weighted by Gasteiger charge is -2.36. The van der Waals surface area contributed by atoms with Crippen LogP contribution in [0.4, 0.5) is 0 Å². The zero-order chi connectivity index (χ0) is 13.8. The fraction of sp³-hybridized carbons (Fsp3) is 0.909. The Labute approximate surface area is 108 Å². The summed E-state index contributed by atoms with van der Waals surface area (Å²) < 4.78 is 30.7. The van der Waals surface area contributed by atoms with Crippen LogP contribution in [0.15, 0.2) is 0 Å². The van der Waals surface area contributed by atoms with Gasteiger partial charge in [-0.1, -0.05) is 19.8 Å². The monoisotopic (exact) mass is 279 g/mol. The van der Waals surface area contributed by atoms with E-state index in [-0.39, 0.29) is 18.3 Å². The Morgan fingerprint density at radius 2 is 2.22 bits per heavy atom. The highest BCUT2D eigenvalue weighted by atomic mass is 32.2. The quantitative estimate of drug-likeness (QED) is 0.742. The number of methoxy groups -OCH3 is 1. The van der Waals surface area contributed by atoms with Crippen LogP contribution in [0.2, 0.25) is 0 Å². The predicted molar refractivity (Wildman–Crippen MR) is 66.8 cm³/mol. The number of carbonyl (C=O) groups is 1. The normalized spacial score (nSPS) is 29.1. The third kappa shape index (κ3) is 3.93. The first-order chi connectivity index (χ1) is 8.31. The summed E-state index contributed by atoms with van der Waals surface area (Å²) in [7, 11) is -2.22. The van der Waals surface area contributed by atoms with Gasteiger partial charge in [0.05, 0.1) is 12.4 Å². The molecule has 6 nitrogen and oxygen atoms in total. The van der Waals surface area contributed by atoms with E-state index >= 15 is 0 Å². The molecule has 0 aromatic carbocycles. The van der Waals surface area contributed by atoms with Crippen LogP contribution < -0.4 is 4.72 Å². The molecule has 2 unspecified atom stereocenters. The third-order valence-corrected chi connectivity index (χ3v) is 4.72. The summed E-state index contributed by atoms with van der Waals surface area (Å²) in [6, 6.07) is 0. The van der Waals surface area contributed by atoms with Crippen LogP contribution in [-0.2, 0) is 19.6 Å². The van der Waals surface area contributed by atoms with Gasteiger partial charge in [-0.15, -0.1) is 0 Å². The zero-order valence-corrected chi connectivity index (χ0v) is 11.6. The summed E-state index contributed by atoms with van der Waals surface area (Å²) in [5, 5.41) is 9.34. The molecule has 0 aromatic rings. The lowest BCUT2D eigenvalue weighted by molar-refractivity contribution is -0.146. The molecule has 0 aliphatic heterocycles. The van der Waals surface area contributed by atoms with Crippen molar-refractivity contribution < 1.29 is 23.1 Å². The van der Waals surface area contributed by atoms with Gasteiger partial charge in [0.15, 0.2) is 0 Å². The van der Waals surface area contributed by atoms with E-state index in [0.717, 1.165) is 12.8 Å². The number of nitrogens with one attached hydrogen (secondary N) is 1. The van der Waals surface area contributed by atoms with Gasteiger partial charge in [0.25, 0.3) is 0 Å². The fourth-order valence-electron chi connectivity index (χ4n) is 2.42. The molecule has 1 rings (SSSR count). The first-order valence-electron chi connectivity index (χ1n) is 6.05. The van der Waals surface area contributed by atoms with Gasteiger partial charge in [0.2, 0.25) is 10.0 Å². The number of carboxylic acids is 1. The van der Waals surface area contributed by atoms with Crippen LogP contribution in [0.25, 0.3) is 0 Å². The topological polar surface area (TPSA) is 92.7 Å². The summed E-state index contributed by atoms with van der Waals surface area (Å²) in [6.07, 6.45) is 2.35. The molecule has 1 aliphatic carbocycles. The van der Waals surface area contributed by atoms with E-state index < -0.39 is 21.5 Å². The van der Waals surface area contributed by atoms with E-state index in [0.29, 0.717) is 12.8 Å². The molecule has 2 atom stereocenters. The summed E-state index contributed by atoms with van der Waals surface area (Å²) in [5.74, 6) is -1.09. The highest BCUT2D eigenvalue weighted by Crippen LogP contribution is 2.33. The highest BCUT2D eigenvalue weighted by Gasteiger charge is 2.44. The van der Waals surface area contributed by atoms with E-state index in [1.165, 1.54) is 7.11 Å². The van der Waals surface area contributed by atoms with E-state index in [1.54, 1.807) is 0 Å². The van der Waals surface area contributed by atoms with Crippen molar-refractivity contribution in [1.29, 1.82) is 0 Å². The Hall–Kier alpha value is -0.660. The Balaban J connectivity index is 2.83. The van der Waals surface area contributed by atoms with Crippen LogP contribution in [0.3, 0.4) is 0 Å². The van der Waals surface area contributed by atoms with Gasteiger partial charge in [0.1, 0.15) is 5.54 Å². The van der Waals surface area contributed by atoms with E-state index in [2.05, 4.69) is 4.72 Å². The van der Waals surface area contributed by atoms with Gasteiger partial charge >= 0.3 is 5.97 Å². The van der Waals surface area contributed by atoms with Crippen molar-refractivity contribution in [3.05, 3.63) is 0 Å². The van der Waals surface area contributed by atoms with Crippen LogP contribution in [0.5, 0.6) is 0 Å². The number of rotatable bonds is 6. The molecular formula is C11H21NO5S. The third-order valence-electron chi connectivity index (χ3n) is 3.31. The number of ether oxygens (including phenoxy) is 1. The molecule has 1 aliphatic rings. The largest absolute Gasteiger partial charge is 0.480 e. The maximum Gasteiger partial charge on any atom is 0.324 e. The van der Waals surface area contributed by atoms with Gasteiger partial charge in [-0.05, 0) is 18.8 Å². The highest BCUT2D eigenvalue weighted by molar-refractivity contribution is 7.89. The number of hydrogen-bond acceptors (Lipinski definition) is 4. The molecule has 0 aromatic heterocycles. The minimum absolute atomic E-state index is 0.0561. The summed E-state index contributed by atoms with van der Waals surface area (Å²) in [5.41, 5.74) is -1.34. The molecule has 18 heavy (non-hydrogen) atoms. The number of hydrogen-bond donors (Lipinski definition) is 2. The van der Waals surface area contributed by atoms with Gasteiger partial charge < -0.3 is 9.84 Å². The average molecular weight is 279 g/mol. The Kier molecular flexibility index (Phi) is 5.12. The van der Waals surface area contributed by atoms with Crippen LogP contribution >= 0.6 is 0 Å². The molecule has 2 N–H and O–H groups in total. The molecule has 7 heteroatoms. The van der Waals surface area contributed by atoms with E-state index in [4.69, 9.17) is 4.74 Å². The lowest BCUT2D eigenvalue weighted by Crippen LogP contribution is -2.57. The molecule has 0 heterocycles. The maximum atomic E-state index is 11.8. The SMILES string of the molecule is COCCS(=O)(=O)NC1(C(=O)O)CCCC(C)C1. The molecular weight excluding hydrogens is 258 g/mol. The van der Waals surface area contributed by atoms with Crippen molar-refractivity contribution in [2.45, 2.75) is 38.1 Å². The maximum absolute atomic E-state index is 11.8. The Bertz CT molecular complexity index is 394. The van der Waals surface area contributed by atoms with Crippen molar-refractivity contribution in [2.24, 2.45) is 5.92 Å². The summed E-state index contributed by atoms with van der Waals surface area (Å²) in [4.78, 5) is 11.4. The molecule has 0 saturated heterocycles. The van der Waals surface area contributed by atoms with Gasteiger partial charge in [-0.2, -0.15) is 4.72 Å². The van der Waals surface area contributed by atoms with Crippen molar-refractivity contribution in [2.75, 3.05) is 19.5 Å². The minimum Gasteiger partial charge on any atom is -0.480 e.